The van der Waals surface area contributed by atoms with E-state index in [1.165, 1.54) is 12.5 Å². The number of aromatic amines is 1. The number of carbonyl (C=O) groups is 5. The molecule has 8 N–H and O–H groups in total. The smallest absolute Gasteiger partial charge is 0.326 e. The van der Waals surface area contributed by atoms with Crippen LogP contribution in [0.15, 0.2) is 42.9 Å². The van der Waals surface area contributed by atoms with E-state index in [1.54, 1.807) is 30.3 Å². The van der Waals surface area contributed by atoms with Crippen molar-refractivity contribution < 1.29 is 34.2 Å². The minimum atomic E-state index is -1.39. The lowest BCUT2D eigenvalue weighted by atomic mass is 10.0. The van der Waals surface area contributed by atoms with Gasteiger partial charge in [-0.05, 0) is 5.56 Å². The Morgan fingerprint density at radius 3 is 2.08 bits per heavy atom. The number of aromatic nitrogens is 2. The third-order valence-electron chi connectivity index (χ3n) is 5.06. The lowest BCUT2D eigenvalue weighted by Crippen LogP contribution is -2.58. The number of H-pyrrole nitrogens is 1. The van der Waals surface area contributed by atoms with Crippen LogP contribution < -0.4 is 21.7 Å². The molecule has 3 amide bonds. The first-order chi connectivity index (χ1) is 17.1. The van der Waals surface area contributed by atoms with E-state index in [9.17, 15) is 29.1 Å². The number of carboxylic acid groups (broad SMARTS) is 2. The SMILES string of the molecule is NC(CC(=O)O)C(=O)NC(CS)C(=O)NC(Cc1ccccc1)C(=O)NC(Cc1cnc[nH]1)C(=O)O. The van der Waals surface area contributed by atoms with Gasteiger partial charge in [0.15, 0.2) is 0 Å². The molecule has 0 saturated carbocycles. The van der Waals surface area contributed by atoms with Crippen LogP contribution in [0, 0.1) is 0 Å². The van der Waals surface area contributed by atoms with Gasteiger partial charge < -0.3 is 36.9 Å². The van der Waals surface area contributed by atoms with E-state index < -0.39 is 60.2 Å². The van der Waals surface area contributed by atoms with Crippen molar-refractivity contribution in [2.75, 3.05) is 5.75 Å². The number of hydrogen-bond donors (Lipinski definition) is 8. The fourth-order valence-corrected chi connectivity index (χ4v) is 3.43. The zero-order valence-corrected chi connectivity index (χ0v) is 20.0. The number of nitrogens with one attached hydrogen (secondary N) is 4. The summed E-state index contributed by atoms with van der Waals surface area (Å²) >= 11 is 4.05. The third-order valence-corrected chi connectivity index (χ3v) is 5.42. The van der Waals surface area contributed by atoms with E-state index in [0.717, 1.165) is 0 Å². The molecule has 0 aliphatic carbocycles. The number of amides is 3. The van der Waals surface area contributed by atoms with Gasteiger partial charge in [-0.1, -0.05) is 30.3 Å². The van der Waals surface area contributed by atoms with E-state index in [-0.39, 0.29) is 18.6 Å². The molecule has 1 heterocycles. The standard InChI is InChI=1S/C22H28N6O7S/c23-14(8-18(29)30)19(31)28-17(10-36)21(33)26-15(6-12-4-2-1-3-5-12)20(32)27-16(22(34)35)7-13-9-24-11-25-13/h1-5,9,11,14-17,36H,6-8,10,23H2,(H,24,25)(H,26,33)(H,27,32)(H,28,31)(H,29,30)(H,34,35). The van der Waals surface area contributed by atoms with E-state index in [0.29, 0.717) is 11.3 Å². The molecule has 4 atom stereocenters. The Balaban J connectivity index is 2.16. The number of hydrogen-bond acceptors (Lipinski definition) is 8. The van der Waals surface area contributed by atoms with Gasteiger partial charge in [-0.25, -0.2) is 9.78 Å². The maximum Gasteiger partial charge on any atom is 0.326 e. The maximum absolute atomic E-state index is 13.1. The Labute approximate surface area is 211 Å². The first-order valence-corrected chi connectivity index (χ1v) is 11.5. The Bertz CT molecular complexity index is 1050. The minimum absolute atomic E-state index is 0.0283. The van der Waals surface area contributed by atoms with Gasteiger partial charge in [-0.3, -0.25) is 19.2 Å². The molecular weight excluding hydrogens is 492 g/mol. The van der Waals surface area contributed by atoms with Crippen LogP contribution in [0.3, 0.4) is 0 Å². The maximum atomic E-state index is 13.1. The number of carboxylic acids is 2. The van der Waals surface area contributed by atoms with Crippen molar-refractivity contribution in [3.05, 3.63) is 54.1 Å². The summed E-state index contributed by atoms with van der Waals surface area (Å²) in [5, 5.41) is 25.6. The topological polar surface area (TPSA) is 217 Å². The van der Waals surface area contributed by atoms with Crippen molar-refractivity contribution in [1.82, 2.24) is 25.9 Å². The van der Waals surface area contributed by atoms with Gasteiger partial charge in [0, 0.05) is 30.5 Å². The van der Waals surface area contributed by atoms with Gasteiger partial charge >= 0.3 is 11.9 Å². The van der Waals surface area contributed by atoms with Gasteiger partial charge in [0.2, 0.25) is 17.7 Å². The lowest BCUT2D eigenvalue weighted by Gasteiger charge is -2.24. The highest BCUT2D eigenvalue weighted by Gasteiger charge is 2.30. The molecule has 4 unspecified atom stereocenters. The molecule has 2 aromatic rings. The summed E-state index contributed by atoms with van der Waals surface area (Å²) in [5.41, 5.74) is 6.71. The molecule has 0 aliphatic rings. The summed E-state index contributed by atoms with van der Waals surface area (Å²) in [7, 11) is 0. The first kappa shape index (κ1) is 28.3. The van der Waals surface area contributed by atoms with Crippen LogP contribution >= 0.6 is 12.6 Å². The van der Waals surface area contributed by atoms with Gasteiger partial charge in [0.25, 0.3) is 0 Å². The van der Waals surface area contributed by atoms with Crippen molar-refractivity contribution in [2.24, 2.45) is 5.73 Å². The molecule has 0 radical (unpaired) electrons. The molecule has 0 saturated heterocycles. The summed E-state index contributed by atoms with van der Waals surface area (Å²) in [4.78, 5) is 67.3. The number of benzene rings is 1. The van der Waals surface area contributed by atoms with Crippen molar-refractivity contribution in [3.63, 3.8) is 0 Å². The number of rotatable bonds is 14. The zero-order valence-electron chi connectivity index (χ0n) is 19.1. The van der Waals surface area contributed by atoms with Crippen molar-refractivity contribution in [1.29, 1.82) is 0 Å². The molecule has 1 aromatic heterocycles. The van der Waals surface area contributed by atoms with Crippen LogP contribution in [-0.2, 0) is 36.8 Å². The third kappa shape index (κ3) is 9.03. The second-order valence-electron chi connectivity index (χ2n) is 7.88. The molecule has 2 rings (SSSR count). The number of aliphatic carboxylic acids is 2. The van der Waals surface area contributed by atoms with E-state index in [2.05, 4.69) is 38.5 Å². The molecule has 0 fully saturated rings. The highest BCUT2D eigenvalue weighted by Crippen LogP contribution is 2.06. The molecule has 0 bridgehead atoms. The molecular formula is C22H28N6O7S. The molecule has 36 heavy (non-hydrogen) atoms. The van der Waals surface area contributed by atoms with Crippen LogP contribution in [0.5, 0.6) is 0 Å². The molecule has 14 heteroatoms. The summed E-state index contributed by atoms with van der Waals surface area (Å²) in [6.45, 7) is 0. The number of imidazole rings is 1. The van der Waals surface area contributed by atoms with E-state index in [4.69, 9.17) is 10.8 Å². The summed E-state index contributed by atoms with van der Waals surface area (Å²) in [5.74, 6) is -5.15. The van der Waals surface area contributed by atoms with Gasteiger partial charge in [0.1, 0.15) is 18.1 Å². The molecule has 194 valence electrons. The fourth-order valence-electron chi connectivity index (χ4n) is 3.17. The zero-order chi connectivity index (χ0) is 26.7. The summed E-state index contributed by atoms with van der Waals surface area (Å²) < 4.78 is 0. The normalized spacial score (nSPS) is 14.1. The monoisotopic (exact) mass is 520 g/mol. The minimum Gasteiger partial charge on any atom is -0.481 e. The summed E-state index contributed by atoms with van der Waals surface area (Å²) in [6.07, 6.45) is 2.13. The number of thiol groups is 1. The number of carbonyl (C=O) groups excluding carboxylic acids is 3. The average molecular weight is 521 g/mol. The Morgan fingerprint density at radius 1 is 0.917 bits per heavy atom. The van der Waals surface area contributed by atoms with Crippen molar-refractivity contribution >= 4 is 42.3 Å². The Hall–Kier alpha value is -3.91. The van der Waals surface area contributed by atoms with E-state index >= 15 is 0 Å². The van der Waals surface area contributed by atoms with Crippen LogP contribution in [0.1, 0.15) is 17.7 Å². The number of nitrogens with zero attached hydrogens (tertiary/aromatic N) is 1. The highest BCUT2D eigenvalue weighted by molar-refractivity contribution is 7.80. The molecule has 0 aliphatic heterocycles. The second-order valence-corrected chi connectivity index (χ2v) is 8.24. The summed E-state index contributed by atoms with van der Waals surface area (Å²) in [6, 6.07) is 3.60. The quantitative estimate of drug-likeness (QED) is 0.135. The second kappa shape index (κ2) is 13.8. The Kier molecular flexibility index (Phi) is 10.9. The van der Waals surface area contributed by atoms with Gasteiger partial charge in [0.05, 0.1) is 18.8 Å². The lowest BCUT2D eigenvalue weighted by molar-refractivity contribution is -0.142. The highest BCUT2D eigenvalue weighted by atomic mass is 32.1. The first-order valence-electron chi connectivity index (χ1n) is 10.8. The van der Waals surface area contributed by atoms with Crippen molar-refractivity contribution in [2.45, 2.75) is 43.4 Å². The predicted molar refractivity (Wildman–Crippen MR) is 130 cm³/mol. The van der Waals surface area contributed by atoms with Gasteiger partial charge in [-0.2, -0.15) is 12.6 Å². The van der Waals surface area contributed by atoms with Crippen LogP contribution in [-0.4, -0.2) is 79.8 Å². The van der Waals surface area contributed by atoms with Crippen LogP contribution in [0.2, 0.25) is 0 Å². The predicted octanol–water partition coefficient (Wildman–Crippen LogP) is -1.53. The van der Waals surface area contributed by atoms with E-state index in [1.807, 2.05) is 0 Å². The van der Waals surface area contributed by atoms with Crippen LogP contribution in [0.4, 0.5) is 0 Å². The number of nitrogens with two attached hydrogens (primary N) is 1. The van der Waals surface area contributed by atoms with Gasteiger partial charge in [-0.15, -0.1) is 0 Å². The molecule has 0 spiro atoms. The fraction of sp³-hybridized carbons (Fsp3) is 0.364. The largest absolute Gasteiger partial charge is 0.481 e. The molecule has 1 aromatic carbocycles. The Morgan fingerprint density at radius 2 is 1.53 bits per heavy atom. The van der Waals surface area contributed by atoms with Crippen molar-refractivity contribution in [3.8, 4) is 0 Å². The molecule has 13 nitrogen and oxygen atoms in total. The van der Waals surface area contributed by atoms with Crippen LogP contribution in [0.25, 0.3) is 0 Å². The average Bonchev–Trinajstić information content (AvgIpc) is 3.34.